The fourth-order valence-corrected chi connectivity index (χ4v) is 3.29. The van der Waals surface area contributed by atoms with Crippen molar-refractivity contribution in [1.29, 1.82) is 0 Å². The first-order valence-corrected chi connectivity index (χ1v) is 8.65. The molecule has 3 aromatic rings. The Balaban J connectivity index is 1.97. The van der Waals surface area contributed by atoms with Gasteiger partial charge in [-0.15, -0.1) is 0 Å². The molecule has 3 rings (SSSR count). The Morgan fingerprint density at radius 1 is 1.08 bits per heavy atom. The molecule has 7 heteroatoms. The van der Waals surface area contributed by atoms with E-state index in [1.54, 1.807) is 30.3 Å². The van der Waals surface area contributed by atoms with E-state index in [4.69, 9.17) is 27.6 Å². The van der Waals surface area contributed by atoms with E-state index in [2.05, 4.69) is 10.6 Å². The van der Waals surface area contributed by atoms with Crippen LogP contribution in [0.1, 0.15) is 28.6 Å². The highest BCUT2D eigenvalue weighted by Gasteiger charge is 2.18. The van der Waals surface area contributed by atoms with Gasteiger partial charge in [-0.05, 0) is 25.1 Å². The van der Waals surface area contributed by atoms with Crippen molar-refractivity contribution in [2.75, 3.05) is 5.32 Å². The Morgan fingerprint density at radius 2 is 1.73 bits per heavy atom. The molecule has 0 spiro atoms. The smallest absolute Gasteiger partial charge is 0.258 e. The number of para-hydroxylation sites is 1. The number of amides is 2. The van der Waals surface area contributed by atoms with Crippen LogP contribution in [-0.2, 0) is 11.3 Å². The number of carbonyl (C=O) groups is 2. The molecule has 134 valence electrons. The van der Waals surface area contributed by atoms with Crippen LogP contribution in [0.5, 0.6) is 0 Å². The maximum absolute atomic E-state index is 12.6. The first-order valence-electron chi connectivity index (χ1n) is 7.89. The Labute approximate surface area is 160 Å². The zero-order chi connectivity index (χ0) is 18.8. The van der Waals surface area contributed by atoms with Gasteiger partial charge in [0.25, 0.3) is 5.91 Å². The summed E-state index contributed by atoms with van der Waals surface area (Å²) in [6.45, 7) is 3.62. The average Bonchev–Trinajstić information content (AvgIpc) is 2.89. The summed E-state index contributed by atoms with van der Waals surface area (Å²) >= 11 is 12.2. The third-order valence-corrected chi connectivity index (χ3v) is 4.60. The number of anilines is 1. The molecule has 0 aliphatic carbocycles. The van der Waals surface area contributed by atoms with Gasteiger partial charge in [0.05, 0.1) is 21.3 Å². The molecule has 26 heavy (non-hydrogen) atoms. The van der Waals surface area contributed by atoms with Crippen molar-refractivity contribution in [2.45, 2.75) is 20.4 Å². The number of fused-ring (bicyclic) bond motifs is 1. The second-order valence-corrected chi connectivity index (χ2v) is 6.59. The molecule has 0 radical (unpaired) electrons. The number of aryl methyl sites for hydroxylation is 1. The Bertz CT molecular complexity index is 991. The van der Waals surface area contributed by atoms with Crippen LogP contribution in [0.15, 0.2) is 40.8 Å². The molecular weight excluding hydrogens is 375 g/mol. The van der Waals surface area contributed by atoms with E-state index in [1.165, 1.54) is 6.92 Å². The van der Waals surface area contributed by atoms with Crippen molar-refractivity contribution in [3.63, 3.8) is 0 Å². The van der Waals surface area contributed by atoms with Crippen LogP contribution in [0.3, 0.4) is 0 Å². The minimum atomic E-state index is -0.425. The van der Waals surface area contributed by atoms with Crippen LogP contribution in [0.25, 0.3) is 11.0 Å². The molecule has 0 bridgehead atoms. The van der Waals surface area contributed by atoms with Crippen molar-refractivity contribution in [3.8, 4) is 0 Å². The first kappa shape index (κ1) is 18.3. The van der Waals surface area contributed by atoms with Crippen LogP contribution in [0, 0.1) is 6.92 Å². The van der Waals surface area contributed by atoms with Gasteiger partial charge < -0.3 is 15.1 Å². The summed E-state index contributed by atoms with van der Waals surface area (Å²) in [7, 11) is 0. The van der Waals surface area contributed by atoms with E-state index in [-0.39, 0.29) is 21.5 Å². The van der Waals surface area contributed by atoms with Crippen LogP contribution in [0.2, 0.25) is 10.0 Å². The Kier molecular flexibility index (Phi) is 5.20. The van der Waals surface area contributed by atoms with Gasteiger partial charge in [0.2, 0.25) is 5.91 Å². The summed E-state index contributed by atoms with van der Waals surface area (Å²) in [5.41, 5.74) is 2.10. The third-order valence-electron chi connectivity index (χ3n) is 3.97. The van der Waals surface area contributed by atoms with Gasteiger partial charge in [-0.1, -0.05) is 41.4 Å². The lowest BCUT2D eigenvalue weighted by molar-refractivity contribution is -0.119. The lowest BCUT2D eigenvalue weighted by Crippen LogP contribution is -2.19. The van der Waals surface area contributed by atoms with E-state index in [0.717, 1.165) is 10.9 Å². The van der Waals surface area contributed by atoms with Crippen LogP contribution >= 0.6 is 23.2 Å². The van der Waals surface area contributed by atoms with Crippen molar-refractivity contribution in [2.24, 2.45) is 0 Å². The number of nitrogens with one attached hydrogen (secondary N) is 2. The molecule has 1 aromatic heterocycles. The highest BCUT2D eigenvalue weighted by molar-refractivity contribution is 6.40. The highest BCUT2D eigenvalue weighted by atomic mass is 35.5. The molecule has 2 amide bonds. The van der Waals surface area contributed by atoms with Gasteiger partial charge in [0, 0.05) is 24.4 Å². The molecule has 5 nitrogen and oxygen atoms in total. The number of carbonyl (C=O) groups excluding carboxylic acids is 2. The van der Waals surface area contributed by atoms with Crippen molar-refractivity contribution in [1.82, 2.24) is 5.32 Å². The second-order valence-electron chi connectivity index (χ2n) is 5.78. The molecule has 0 saturated carbocycles. The van der Waals surface area contributed by atoms with E-state index in [1.807, 2.05) is 13.0 Å². The molecule has 2 aromatic carbocycles. The molecule has 1 heterocycles. The lowest BCUT2D eigenvalue weighted by Gasteiger charge is -2.09. The largest absolute Gasteiger partial charge is 0.459 e. The molecule has 2 N–H and O–H groups in total. The average molecular weight is 391 g/mol. The summed E-state index contributed by atoms with van der Waals surface area (Å²) in [4.78, 5) is 23.8. The Hall–Kier alpha value is -2.50. The standard InChI is InChI=1S/C19H16Cl2N2O3/c1-10-13(9-22-11(2)24)12-5-3-8-16(18(12)26-10)23-19(25)17-14(20)6-4-7-15(17)21/h3-8H,9H2,1-2H3,(H,22,24)(H,23,25). The molecule has 0 unspecified atom stereocenters. The minimum Gasteiger partial charge on any atom is -0.459 e. The summed E-state index contributed by atoms with van der Waals surface area (Å²) in [5, 5.41) is 6.91. The predicted molar refractivity (Wildman–Crippen MR) is 103 cm³/mol. The number of hydrogen-bond acceptors (Lipinski definition) is 3. The zero-order valence-corrected chi connectivity index (χ0v) is 15.7. The number of rotatable bonds is 4. The molecule has 0 aliphatic heterocycles. The quantitative estimate of drug-likeness (QED) is 0.662. The lowest BCUT2D eigenvalue weighted by atomic mass is 10.1. The molecule has 0 atom stereocenters. The van der Waals surface area contributed by atoms with E-state index in [0.29, 0.717) is 23.6 Å². The number of furan rings is 1. The fourth-order valence-electron chi connectivity index (χ4n) is 2.72. The van der Waals surface area contributed by atoms with Gasteiger partial charge in [-0.2, -0.15) is 0 Å². The van der Waals surface area contributed by atoms with Gasteiger partial charge >= 0.3 is 0 Å². The predicted octanol–water partition coefficient (Wildman–Crippen LogP) is 4.94. The summed E-state index contributed by atoms with van der Waals surface area (Å²) in [6, 6.07) is 10.3. The third kappa shape index (κ3) is 3.54. The topological polar surface area (TPSA) is 71.3 Å². The molecule has 0 fully saturated rings. The summed E-state index contributed by atoms with van der Waals surface area (Å²) < 4.78 is 5.83. The SMILES string of the molecule is CC(=O)NCc1c(C)oc2c(NC(=O)c3c(Cl)cccc3Cl)cccc12. The van der Waals surface area contributed by atoms with Gasteiger partial charge in [0.1, 0.15) is 5.76 Å². The van der Waals surface area contributed by atoms with Gasteiger partial charge in [-0.25, -0.2) is 0 Å². The normalized spacial score (nSPS) is 10.8. The minimum absolute atomic E-state index is 0.128. The summed E-state index contributed by atoms with van der Waals surface area (Å²) in [5.74, 6) is 0.119. The van der Waals surface area contributed by atoms with Crippen molar-refractivity contribution in [3.05, 3.63) is 63.3 Å². The monoisotopic (exact) mass is 390 g/mol. The van der Waals surface area contributed by atoms with Crippen molar-refractivity contribution >= 4 is 51.7 Å². The van der Waals surface area contributed by atoms with E-state index >= 15 is 0 Å². The highest BCUT2D eigenvalue weighted by Crippen LogP contribution is 2.32. The molecule has 0 saturated heterocycles. The number of hydrogen-bond donors (Lipinski definition) is 2. The maximum atomic E-state index is 12.6. The van der Waals surface area contributed by atoms with Gasteiger partial charge in [0.15, 0.2) is 5.58 Å². The molecule has 0 aliphatic rings. The van der Waals surface area contributed by atoms with Crippen LogP contribution in [-0.4, -0.2) is 11.8 Å². The van der Waals surface area contributed by atoms with Crippen LogP contribution in [0.4, 0.5) is 5.69 Å². The van der Waals surface area contributed by atoms with E-state index < -0.39 is 5.91 Å². The van der Waals surface area contributed by atoms with E-state index in [9.17, 15) is 9.59 Å². The van der Waals surface area contributed by atoms with Crippen LogP contribution < -0.4 is 10.6 Å². The summed E-state index contributed by atoms with van der Waals surface area (Å²) in [6.07, 6.45) is 0. The number of benzene rings is 2. The molecular formula is C19H16Cl2N2O3. The second kappa shape index (κ2) is 7.40. The maximum Gasteiger partial charge on any atom is 0.258 e. The first-order chi connectivity index (χ1) is 12.4. The zero-order valence-electron chi connectivity index (χ0n) is 14.2. The fraction of sp³-hybridized carbons (Fsp3) is 0.158. The Morgan fingerprint density at radius 3 is 2.38 bits per heavy atom. The van der Waals surface area contributed by atoms with Gasteiger partial charge in [-0.3, -0.25) is 9.59 Å². The number of halogens is 2. The van der Waals surface area contributed by atoms with Crippen molar-refractivity contribution < 1.29 is 14.0 Å².